The number of aliphatic hydroxyl groups is 2. The highest BCUT2D eigenvalue weighted by molar-refractivity contribution is 5.84. The van der Waals surface area contributed by atoms with E-state index in [0.717, 1.165) is 5.57 Å². The molecule has 5 rings (SSSR count). The Bertz CT molecular complexity index is 1060. The van der Waals surface area contributed by atoms with Crippen molar-refractivity contribution in [2.75, 3.05) is 19.8 Å². The number of hydrogen-bond acceptors (Lipinski definition) is 10. The van der Waals surface area contributed by atoms with Crippen LogP contribution in [0.25, 0.3) is 0 Å². The molecule has 5 aliphatic rings. The van der Waals surface area contributed by atoms with Crippen LogP contribution in [0.15, 0.2) is 36.0 Å². The minimum atomic E-state index is -1.44. The van der Waals surface area contributed by atoms with E-state index in [2.05, 4.69) is 0 Å². The number of epoxide rings is 1. The van der Waals surface area contributed by atoms with Gasteiger partial charge in [-0.25, -0.2) is 14.4 Å². The summed E-state index contributed by atoms with van der Waals surface area (Å²) in [4.78, 5) is 37.6. The van der Waals surface area contributed by atoms with Crippen molar-refractivity contribution in [3.8, 4) is 0 Å². The summed E-state index contributed by atoms with van der Waals surface area (Å²) in [6, 6.07) is 0. The quantitative estimate of drug-likeness (QED) is 0.208. The summed E-state index contributed by atoms with van der Waals surface area (Å²) < 4.78 is 29.3. The van der Waals surface area contributed by atoms with Crippen molar-refractivity contribution in [1.29, 1.82) is 0 Å². The summed E-state index contributed by atoms with van der Waals surface area (Å²) in [5, 5.41) is 21.6. The molecule has 2 spiro atoms. The molecule has 202 valence electrons. The Balaban J connectivity index is 1.54. The Morgan fingerprint density at radius 3 is 2.41 bits per heavy atom. The van der Waals surface area contributed by atoms with Gasteiger partial charge in [-0.2, -0.15) is 0 Å². The zero-order valence-corrected chi connectivity index (χ0v) is 21.3. The maximum absolute atomic E-state index is 13.0. The van der Waals surface area contributed by atoms with Crippen molar-refractivity contribution >= 4 is 17.9 Å². The van der Waals surface area contributed by atoms with Crippen LogP contribution in [-0.4, -0.2) is 84.1 Å². The molecule has 3 heterocycles. The summed E-state index contributed by atoms with van der Waals surface area (Å²) in [6.45, 7) is 5.67. The van der Waals surface area contributed by atoms with Crippen LogP contribution in [0, 0.1) is 16.7 Å². The van der Waals surface area contributed by atoms with E-state index in [0.29, 0.717) is 13.0 Å². The van der Waals surface area contributed by atoms with E-state index in [1.807, 2.05) is 19.9 Å². The lowest BCUT2D eigenvalue weighted by Gasteiger charge is -2.58. The van der Waals surface area contributed by atoms with E-state index in [-0.39, 0.29) is 32.2 Å². The minimum absolute atomic E-state index is 0.00243. The van der Waals surface area contributed by atoms with Crippen LogP contribution >= 0.6 is 0 Å². The van der Waals surface area contributed by atoms with Crippen LogP contribution in [-0.2, 0) is 38.1 Å². The lowest BCUT2D eigenvalue weighted by molar-refractivity contribution is -0.240. The summed E-state index contributed by atoms with van der Waals surface area (Å²) in [5.41, 5.74) is -1.84. The number of cyclic esters (lactones) is 2. The number of allylic oxidation sites excluding steroid dienone is 2. The molecule has 0 aromatic rings. The van der Waals surface area contributed by atoms with Crippen molar-refractivity contribution < 1.29 is 48.3 Å². The first-order valence-corrected chi connectivity index (χ1v) is 12.8. The molecule has 9 atom stereocenters. The SMILES string of the molecule is CC1=C[C@H]2O[C@@H]3C[C@H]4OC(=O)/C=C\C=C\C(=O)OCC[C@@H](C)[C@H](O)C(=O)OC[C@@]2(CC1O)[C@]4(C)[C@]31CO1. The normalized spacial score (nSPS) is 47.9. The van der Waals surface area contributed by atoms with Crippen LogP contribution in [0.1, 0.15) is 40.0 Å². The lowest BCUT2D eigenvalue weighted by Crippen LogP contribution is -2.68. The van der Waals surface area contributed by atoms with Gasteiger partial charge in [0.05, 0.1) is 36.9 Å². The van der Waals surface area contributed by atoms with E-state index < -0.39 is 64.7 Å². The molecule has 1 saturated carbocycles. The highest BCUT2D eigenvalue weighted by Gasteiger charge is 2.83. The van der Waals surface area contributed by atoms with Gasteiger partial charge in [0, 0.05) is 24.0 Å². The third-order valence-electron chi connectivity index (χ3n) is 9.22. The monoisotopic (exact) mass is 518 g/mol. The third kappa shape index (κ3) is 4.05. The fourth-order valence-corrected chi connectivity index (χ4v) is 6.66. The molecule has 0 aromatic heterocycles. The van der Waals surface area contributed by atoms with Gasteiger partial charge in [-0.1, -0.05) is 32.1 Å². The van der Waals surface area contributed by atoms with Crippen LogP contribution in [0.4, 0.5) is 0 Å². The second-order valence-electron chi connectivity index (χ2n) is 11.1. The number of carbonyl (C=O) groups is 3. The van der Waals surface area contributed by atoms with E-state index >= 15 is 0 Å². The Morgan fingerprint density at radius 2 is 1.70 bits per heavy atom. The third-order valence-corrected chi connectivity index (χ3v) is 9.22. The molecule has 2 aliphatic carbocycles. The van der Waals surface area contributed by atoms with Gasteiger partial charge in [-0.3, -0.25) is 0 Å². The summed E-state index contributed by atoms with van der Waals surface area (Å²) in [5.74, 6) is -2.57. The molecule has 2 saturated heterocycles. The predicted molar refractivity (Wildman–Crippen MR) is 127 cm³/mol. The Labute approximate surface area is 215 Å². The number of esters is 3. The predicted octanol–water partition coefficient (Wildman–Crippen LogP) is 1.14. The van der Waals surface area contributed by atoms with Crippen molar-refractivity contribution in [2.45, 2.75) is 76.2 Å². The van der Waals surface area contributed by atoms with Crippen molar-refractivity contribution in [3.63, 3.8) is 0 Å². The largest absolute Gasteiger partial charge is 0.463 e. The molecule has 3 fully saturated rings. The summed E-state index contributed by atoms with van der Waals surface area (Å²) in [7, 11) is 0. The van der Waals surface area contributed by atoms with Gasteiger partial charge in [-0.05, 0) is 31.3 Å². The molecule has 2 bridgehead atoms. The first-order chi connectivity index (χ1) is 17.5. The fraction of sp³-hybridized carbons (Fsp3) is 0.667. The van der Waals surface area contributed by atoms with Crippen molar-refractivity contribution in [1.82, 2.24) is 0 Å². The van der Waals surface area contributed by atoms with Crippen LogP contribution in [0.2, 0.25) is 0 Å². The van der Waals surface area contributed by atoms with Crippen LogP contribution < -0.4 is 0 Å². The maximum atomic E-state index is 13.0. The van der Waals surface area contributed by atoms with Gasteiger partial charge in [0.25, 0.3) is 0 Å². The average molecular weight is 519 g/mol. The second-order valence-corrected chi connectivity index (χ2v) is 11.1. The number of ether oxygens (including phenoxy) is 5. The van der Waals surface area contributed by atoms with Gasteiger partial charge in [0.2, 0.25) is 0 Å². The molecule has 0 radical (unpaired) electrons. The van der Waals surface area contributed by atoms with E-state index in [1.54, 1.807) is 6.92 Å². The topological polar surface area (TPSA) is 141 Å². The Kier molecular flexibility index (Phi) is 6.59. The van der Waals surface area contributed by atoms with Gasteiger partial charge in [0.15, 0.2) is 6.10 Å². The molecular weight excluding hydrogens is 484 g/mol. The van der Waals surface area contributed by atoms with E-state index in [1.165, 1.54) is 24.3 Å². The molecule has 10 nitrogen and oxygen atoms in total. The Hall–Kier alpha value is -2.53. The zero-order valence-electron chi connectivity index (χ0n) is 21.3. The standard InChI is InChI=1S/C27H34O10/c1-15-8-9-33-21(29)6-4-5-7-22(30)37-18-11-20-27(14-35-27)25(18,3)26(13-34-24(32)23(15)31)12-17(28)16(2)10-19(26)36-20/h4-7,10,15,17-20,23,28,31H,8-9,11-14H2,1-3H3/b6-4+,7-5-/t15-,17?,18-,19-,20-,23+,25-,26-,27+/m1/s1. The number of aliphatic hydroxyl groups excluding tert-OH is 2. The van der Waals surface area contributed by atoms with Gasteiger partial charge >= 0.3 is 17.9 Å². The van der Waals surface area contributed by atoms with Crippen LogP contribution in [0.3, 0.4) is 0 Å². The van der Waals surface area contributed by atoms with Gasteiger partial charge in [0.1, 0.15) is 18.3 Å². The van der Waals surface area contributed by atoms with E-state index in [9.17, 15) is 24.6 Å². The van der Waals surface area contributed by atoms with Crippen LogP contribution in [0.5, 0.6) is 0 Å². The van der Waals surface area contributed by atoms with E-state index in [4.69, 9.17) is 23.7 Å². The highest BCUT2D eigenvalue weighted by Crippen LogP contribution is 2.72. The van der Waals surface area contributed by atoms with Gasteiger partial charge in [-0.15, -0.1) is 0 Å². The Morgan fingerprint density at radius 1 is 1.00 bits per heavy atom. The smallest absolute Gasteiger partial charge is 0.335 e. The molecule has 2 N–H and O–H groups in total. The second kappa shape index (κ2) is 9.34. The molecule has 0 amide bonds. The number of carbonyl (C=O) groups excluding carboxylic acids is 3. The number of rotatable bonds is 0. The zero-order chi connectivity index (χ0) is 26.6. The minimum Gasteiger partial charge on any atom is -0.463 e. The molecule has 37 heavy (non-hydrogen) atoms. The average Bonchev–Trinajstić information content (AvgIpc) is 3.63. The van der Waals surface area contributed by atoms with Crippen molar-refractivity contribution in [3.05, 3.63) is 36.0 Å². The molecule has 3 aliphatic heterocycles. The highest BCUT2D eigenvalue weighted by atomic mass is 16.6. The molecule has 10 heteroatoms. The molecule has 1 unspecified atom stereocenters. The number of hydrogen-bond donors (Lipinski definition) is 2. The maximum Gasteiger partial charge on any atom is 0.335 e. The van der Waals surface area contributed by atoms with Gasteiger partial charge < -0.3 is 33.9 Å². The lowest BCUT2D eigenvalue weighted by atomic mass is 9.51. The van der Waals surface area contributed by atoms with Crippen molar-refractivity contribution in [2.24, 2.45) is 16.7 Å². The fourth-order valence-electron chi connectivity index (χ4n) is 6.66. The summed E-state index contributed by atoms with van der Waals surface area (Å²) >= 11 is 0. The molecular formula is C27H34O10. The molecule has 0 aromatic carbocycles. The summed E-state index contributed by atoms with van der Waals surface area (Å²) in [6.07, 6.45) is 4.09. The first-order valence-electron chi connectivity index (χ1n) is 12.8. The first kappa shape index (κ1) is 26.1.